The van der Waals surface area contributed by atoms with E-state index in [9.17, 15) is 0 Å². The van der Waals surface area contributed by atoms with Crippen LogP contribution in [0.2, 0.25) is 0 Å². The fourth-order valence-corrected chi connectivity index (χ4v) is 1.30. The molecule has 1 heterocycles. The Morgan fingerprint density at radius 3 is 2.94 bits per heavy atom. The molecule has 1 unspecified atom stereocenters. The van der Waals surface area contributed by atoms with Crippen molar-refractivity contribution in [2.24, 2.45) is 16.8 Å². The molecule has 0 aliphatic rings. The molecule has 1 aromatic heterocycles. The average Bonchev–Trinajstić information content (AvgIpc) is 2.27. The summed E-state index contributed by atoms with van der Waals surface area (Å²) in [5.74, 6) is 0.788. The van der Waals surface area contributed by atoms with Crippen LogP contribution < -0.4 is 10.6 Å². The SMILES string of the molecule is Cc1ccnc(N(C)CC(C)C(N)=NO)n1. The normalized spacial score (nSPS) is 13.6. The highest BCUT2D eigenvalue weighted by molar-refractivity contribution is 5.82. The minimum absolute atomic E-state index is 0.0564. The fourth-order valence-electron chi connectivity index (χ4n) is 1.30. The molecule has 0 saturated heterocycles. The van der Waals surface area contributed by atoms with Crippen molar-refractivity contribution in [2.45, 2.75) is 13.8 Å². The zero-order valence-electron chi connectivity index (χ0n) is 9.75. The van der Waals surface area contributed by atoms with E-state index in [0.717, 1.165) is 5.69 Å². The molecule has 0 radical (unpaired) electrons. The van der Waals surface area contributed by atoms with E-state index in [4.69, 9.17) is 10.9 Å². The second-order valence-corrected chi connectivity index (χ2v) is 3.80. The molecule has 0 bridgehead atoms. The van der Waals surface area contributed by atoms with Crippen molar-refractivity contribution >= 4 is 11.8 Å². The van der Waals surface area contributed by atoms with E-state index >= 15 is 0 Å². The topological polar surface area (TPSA) is 87.6 Å². The van der Waals surface area contributed by atoms with Gasteiger partial charge in [0.25, 0.3) is 0 Å². The van der Waals surface area contributed by atoms with Gasteiger partial charge in [-0.05, 0) is 13.0 Å². The van der Waals surface area contributed by atoms with Crippen LogP contribution in [-0.4, -0.2) is 34.6 Å². The number of nitrogens with zero attached hydrogens (tertiary/aromatic N) is 4. The Bertz CT molecular complexity index is 379. The number of aryl methyl sites for hydroxylation is 1. The molecule has 0 amide bonds. The number of anilines is 1. The third-order valence-corrected chi connectivity index (χ3v) is 2.29. The number of aromatic nitrogens is 2. The van der Waals surface area contributed by atoms with Crippen molar-refractivity contribution in [1.82, 2.24) is 9.97 Å². The van der Waals surface area contributed by atoms with E-state index in [0.29, 0.717) is 12.5 Å². The van der Waals surface area contributed by atoms with Gasteiger partial charge in [-0.15, -0.1) is 0 Å². The Kier molecular flexibility index (Phi) is 4.04. The van der Waals surface area contributed by atoms with Gasteiger partial charge in [-0.3, -0.25) is 0 Å². The highest BCUT2D eigenvalue weighted by atomic mass is 16.4. The molecule has 0 fully saturated rings. The first-order valence-electron chi connectivity index (χ1n) is 5.02. The van der Waals surface area contributed by atoms with Gasteiger partial charge in [0.05, 0.1) is 0 Å². The minimum Gasteiger partial charge on any atom is -0.409 e. The maximum Gasteiger partial charge on any atom is 0.225 e. The molecule has 6 heteroatoms. The van der Waals surface area contributed by atoms with Crippen molar-refractivity contribution in [3.05, 3.63) is 18.0 Å². The first-order valence-corrected chi connectivity index (χ1v) is 5.02. The monoisotopic (exact) mass is 223 g/mol. The molecule has 3 N–H and O–H groups in total. The molecular formula is C10H17N5O. The molecule has 0 spiro atoms. The van der Waals surface area contributed by atoms with Gasteiger partial charge in [0.1, 0.15) is 5.84 Å². The van der Waals surface area contributed by atoms with Crippen LogP contribution in [0.3, 0.4) is 0 Å². The maximum absolute atomic E-state index is 8.55. The predicted octanol–water partition coefficient (Wildman–Crippen LogP) is 0.604. The molecule has 0 aliphatic heterocycles. The first kappa shape index (κ1) is 12.2. The lowest BCUT2D eigenvalue weighted by atomic mass is 10.1. The molecular weight excluding hydrogens is 206 g/mol. The number of nitrogens with two attached hydrogens (primary N) is 1. The van der Waals surface area contributed by atoms with Crippen LogP contribution in [0.1, 0.15) is 12.6 Å². The smallest absolute Gasteiger partial charge is 0.225 e. The van der Waals surface area contributed by atoms with Gasteiger partial charge in [0.15, 0.2) is 0 Å². The van der Waals surface area contributed by atoms with E-state index in [1.165, 1.54) is 0 Å². The van der Waals surface area contributed by atoms with Gasteiger partial charge in [0, 0.05) is 31.4 Å². The van der Waals surface area contributed by atoms with Gasteiger partial charge >= 0.3 is 0 Å². The van der Waals surface area contributed by atoms with Crippen LogP contribution in [0.15, 0.2) is 17.4 Å². The van der Waals surface area contributed by atoms with E-state index in [2.05, 4.69) is 15.1 Å². The number of rotatable bonds is 4. The average molecular weight is 223 g/mol. The van der Waals surface area contributed by atoms with E-state index in [1.54, 1.807) is 6.20 Å². The number of hydrogen-bond acceptors (Lipinski definition) is 5. The van der Waals surface area contributed by atoms with Crippen LogP contribution in [0.25, 0.3) is 0 Å². The fraction of sp³-hybridized carbons (Fsp3) is 0.500. The third kappa shape index (κ3) is 3.08. The van der Waals surface area contributed by atoms with Gasteiger partial charge in [0.2, 0.25) is 5.95 Å². The zero-order chi connectivity index (χ0) is 12.1. The molecule has 0 aliphatic carbocycles. The minimum atomic E-state index is -0.0564. The van der Waals surface area contributed by atoms with Gasteiger partial charge in [-0.25, -0.2) is 9.97 Å². The van der Waals surface area contributed by atoms with Crippen molar-refractivity contribution in [1.29, 1.82) is 0 Å². The summed E-state index contributed by atoms with van der Waals surface area (Å²) < 4.78 is 0. The van der Waals surface area contributed by atoms with Crippen LogP contribution in [0, 0.1) is 12.8 Å². The summed E-state index contributed by atoms with van der Waals surface area (Å²) in [6, 6.07) is 1.84. The highest BCUT2D eigenvalue weighted by Gasteiger charge is 2.12. The lowest BCUT2D eigenvalue weighted by Gasteiger charge is -2.20. The molecule has 1 aromatic rings. The number of oxime groups is 1. The summed E-state index contributed by atoms with van der Waals surface area (Å²) >= 11 is 0. The largest absolute Gasteiger partial charge is 0.409 e. The van der Waals surface area contributed by atoms with E-state index < -0.39 is 0 Å². The Labute approximate surface area is 94.8 Å². The van der Waals surface area contributed by atoms with E-state index in [1.807, 2.05) is 31.9 Å². The van der Waals surface area contributed by atoms with Crippen LogP contribution >= 0.6 is 0 Å². The third-order valence-electron chi connectivity index (χ3n) is 2.29. The van der Waals surface area contributed by atoms with Crippen molar-refractivity contribution < 1.29 is 5.21 Å². The first-order chi connectivity index (χ1) is 7.54. The Morgan fingerprint density at radius 1 is 1.69 bits per heavy atom. The molecule has 16 heavy (non-hydrogen) atoms. The predicted molar refractivity (Wildman–Crippen MR) is 62.6 cm³/mol. The summed E-state index contributed by atoms with van der Waals surface area (Å²) in [4.78, 5) is 10.3. The van der Waals surface area contributed by atoms with Crippen molar-refractivity contribution in [2.75, 3.05) is 18.5 Å². The summed E-state index contributed by atoms with van der Waals surface area (Å²) in [5, 5.41) is 11.5. The standard InChI is InChI=1S/C10H17N5O/c1-7(9(11)14-16)6-15(3)10-12-5-4-8(2)13-10/h4-5,7,16H,6H2,1-3H3,(H2,11,14). The maximum atomic E-state index is 8.55. The molecule has 6 nitrogen and oxygen atoms in total. The van der Waals surface area contributed by atoms with Gasteiger partial charge < -0.3 is 15.8 Å². The zero-order valence-corrected chi connectivity index (χ0v) is 9.75. The van der Waals surface area contributed by atoms with Crippen molar-refractivity contribution in [3.8, 4) is 0 Å². The van der Waals surface area contributed by atoms with Crippen LogP contribution in [0.5, 0.6) is 0 Å². The van der Waals surface area contributed by atoms with Gasteiger partial charge in [-0.2, -0.15) is 0 Å². The quantitative estimate of drug-likeness (QED) is 0.338. The molecule has 0 aromatic carbocycles. The Morgan fingerprint density at radius 2 is 2.38 bits per heavy atom. The Balaban J connectivity index is 2.69. The number of hydrogen-bond donors (Lipinski definition) is 2. The highest BCUT2D eigenvalue weighted by Crippen LogP contribution is 2.07. The molecule has 1 rings (SSSR count). The van der Waals surface area contributed by atoms with Crippen LogP contribution in [-0.2, 0) is 0 Å². The summed E-state index contributed by atoms with van der Waals surface area (Å²) in [6.45, 7) is 4.38. The lowest BCUT2D eigenvalue weighted by molar-refractivity contribution is 0.314. The number of amidine groups is 1. The van der Waals surface area contributed by atoms with Crippen molar-refractivity contribution in [3.63, 3.8) is 0 Å². The lowest BCUT2D eigenvalue weighted by Crippen LogP contribution is -2.33. The molecule has 88 valence electrons. The molecule has 0 saturated carbocycles. The second kappa shape index (κ2) is 5.29. The van der Waals surface area contributed by atoms with E-state index in [-0.39, 0.29) is 11.8 Å². The second-order valence-electron chi connectivity index (χ2n) is 3.80. The Hall–Kier alpha value is -1.85. The molecule has 1 atom stereocenters. The summed E-state index contributed by atoms with van der Waals surface area (Å²) in [7, 11) is 1.87. The van der Waals surface area contributed by atoms with Gasteiger partial charge in [-0.1, -0.05) is 12.1 Å². The van der Waals surface area contributed by atoms with Crippen LogP contribution in [0.4, 0.5) is 5.95 Å². The summed E-state index contributed by atoms with van der Waals surface area (Å²) in [6.07, 6.45) is 1.71. The summed E-state index contributed by atoms with van der Waals surface area (Å²) in [5.41, 5.74) is 6.42.